The number of likely N-dealkylation sites (tertiary alicyclic amines) is 1. The van der Waals surface area contributed by atoms with E-state index < -0.39 is 5.97 Å². The molecule has 0 saturated carbocycles. The van der Waals surface area contributed by atoms with Crippen molar-refractivity contribution < 1.29 is 19.4 Å². The minimum Gasteiger partial charge on any atom is -0.480 e. The summed E-state index contributed by atoms with van der Waals surface area (Å²) in [5, 5.41) is 7.79. The van der Waals surface area contributed by atoms with E-state index in [0.29, 0.717) is 0 Å². The highest BCUT2D eigenvalue weighted by Crippen LogP contribution is 2.08. The number of piperidine rings is 1. The Hall–Kier alpha value is -0.650. The van der Waals surface area contributed by atoms with Gasteiger partial charge in [0.2, 0.25) is 0 Å². The summed E-state index contributed by atoms with van der Waals surface area (Å²) in [6, 6.07) is 0. The van der Waals surface area contributed by atoms with Gasteiger partial charge in [0.25, 0.3) is 0 Å². The molecule has 0 aromatic heterocycles. The van der Waals surface area contributed by atoms with Crippen LogP contribution in [-0.4, -0.2) is 62.5 Å². The number of carbonyl (C=O) groups is 1. The highest BCUT2D eigenvalue weighted by molar-refractivity contribution is 5.67. The summed E-state index contributed by atoms with van der Waals surface area (Å²) < 4.78 is 9.50. The van der Waals surface area contributed by atoms with Crippen molar-refractivity contribution in [1.29, 1.82) is 0 Å². The van der Waals surface area contributed by atoms with Crippen LogP contribution >= 0.6 is 0 Å². The Kier molecular flexibility index (Phi) is 12.3. The minimum atomic E-state index is -0.933. The van der Waals surface area contributed by atoms with Crippen LogP contribution in [0.25, 0.3) is 0 Å². The molecule has 0 bridgehead atoms. The van der Waals surface area contributed by atoms with E-state index >= 15 is 0 Å². The molecule has 0 atom stereocenters. The summed E-state index contributed by atoms with van der Waals surface area (Å²) in [5.74, 6) is -0.933. The molecule has 0 radical (unpaired) electrons. The predicted molar refractivity (Wildman–Crippen MR) is 70.9 cm³/mol. The van der Waals surface area contributed by atoms with E-state index in [1.807, 2.05) is 0 Å². The molecule has 1 N–H and O–H groups in total. The summed E-state index contributed by atoms with van der Waals surface area (Å²) in [6.45, 7) is 7.51. The average molecular weight is 261 g/mol. The van der Waals surface area contributed by atoms with Crippen molar-refractivity contribution in [3.63, 3.8) is 0 Å². The zero-order valence-corrected chi connectivity index (χ0v) is 11.7. The maximum absolute atomic E-state index is 9.47. The van der Waals surface area contributed by atoms with Gasteiger partial charge in [-0.25, -0.2) is 4.79 Å². The number of hydrogen-bond acceptors (Lipinski definition) is 4. The van der Waals surface area contributed by atoms with Crippen LogP contribution in [0.3, 0.4) is 0 Å². The second kappa shape index (κ2) is 12.8. The number of rotatable bonds is 7. The van der Waals surface area contributed by atoms with E-state index in [1.54, 1.807) is 0 Å². The number of methoxy groups -OCH3 is 1. The van der Waals surface area contributed by atoms with Crippen molar-refractivity contribution in [2.45, 2.75) is 32.6 Å². The third kappa shape index (κ3) is 11.8. The number of ether oxygens (including phenoxy) is 2. The van der Waals surface area contributed by atoms with Crippen molar-refractivity contribution in [3.8, 4) is 0 Å². The molecule has 1 aliphatic rings. The highest BCUT2D eigenvalue weighted by atomic mass is 16.5. The van der Waals surface area contributed by atoms with Gasteiger partial charge in [0.15, 0.2) is 0 Å². The third-order valence-electron chi connectivity index (χ3n) is 2.68. The van der Waals surface area contributed by atoms with Crippen molar-refractivity contribution >= 4 is 5.97 Å². The Balaban J connectivity index is 0.000000411. The smallest absolute Gasteiger partial charge is 0.329 e. The van der Waals surface area contributed by atoms with Crippen LogP contribution in [-0.2, 0) is 14.3 Å². The SMILES string of the molecule is CCOCCCN1CCCCC1.COCC(=O)O. The maximum Gasteiger partial charge on any atom is 0.329 e. The van der Waals surface area contributed by atoms with E-state index in [1.165, 1.54) is 52.4 Å². The van der Waals surface area contributed by atoms with Gasteiger partial charge in [-0.1, -0.05) is 6.42 Å². The van der Waals surface area contributed by atoms with Crippen LogP contribution in [0.15, 0.2) is 0 Å². The van der Waals surface area contributed by atoms with Crippen LogP contribution in [0.2, 0.25) is 0 Å². The molecule has 0 aromatic rings. The molecule has 1 aliphatic heterocycles. The first-order valence-corrected chi connectivity index (χ1v) is 6.71. The summed E-state index contributed by atoms with van der Waals surface area (Å²) >= 11 is 0. The van der Waals surface area contributed by atoms with Gasteiger partial charge in [-0.2, -0.15) is 0 Å². The lowest BCUT2D eigenvalue weighted by Crippen LogP contribution is -2.31. The second-order valence-electron chi connectivity index (χ2n) is 4.28. The molecular weight excluding hydrogens is 234 g/mol. The Morgan fingerprint density at radius 2 is 1.94 bits per heavy atom. The molecular formula is C13H27NO4. The molecule has 1 rings (SSSR count). The quantitative estimate of drug-likeness (QED) is 0.706. The molecule has 1 heterocycles. The van der Waals surface area contributed by atoms with E-state index in [0.717, 1.165) is 13.2 Å². The molecule has 5 nitrogen and oxygen atoms in total. The van der Waals surface area contributed by atoms with Crippen molar-refractivity contribution in [2.75, 3.05) is 46.6 Å². The summed E-state index contributed by atoms with van der Waals surface area (Å²) in [4.78, 5) is 12.0. The third-order valence-corrected chi connectivity index (χ3v) is 2.68. The molecule has 5 heteroatoms. The molecule has 18 heavy (non-hydrogen) atoms. The standard InChI is InChI=1S/C10H21NO.C3H6O3/c1-2-12-10-6-9-11-7-4-3-5-8-11;1-6-2-3(4)5/h2-10H2,1H3;2H2,1H3,(H,4,5). The van der Waals surface area contributed by atoms with Crippen molar-refractivity contribution in [3.05, 3.63) is 0 Å². The van der Waals surface area contributed by atoms with Crippen LogP contribution in [0.5, 0.6) is 0 Å². The fraction of sp³-hybridized carbons (Fsp3) is 0.923. The van der Waals surface area contributed by atoms with Crippen LogP contribution in [0, 0.1) is 0 Å². The first-order valence-electron chi connectivity index (χ1n) is 6.71. The monoisotopic (exact) mass is 261 g/mol. The maximum atomic E-state index is 9.47. The lowest BCUT2D eigenvalue weighted by atomic mass is 10.1. The van der Waals surface area contributed by atoms with E-state index in [2.05, 4.69) is 16.6 Å². The van der Waals surface area contributed by atoms with E-state index in [9.17, 15) is 4.79 Å². The fourth-order valence-corrected chi connectivity index (χ4v) is 1.84. The lowest BCUT2D eigenvalue weighted by Gasteiger charge is -2.26. The van der Waals surface area contributed by atoms with Crippen LogP contribution in [0.4, 0.5) is 0 Å². The lowest BCUT2D eigenvalue weighted by molar-refractivity contribution is -0.141. The fourth-order valence-electron chi connectivity index (χ4n) is 1.84. The molecule has 0 aliphatic carbocycles. The molecule has 1 saturated heterocycles. The van der Waals surface area contributed by atoms with Gasteiger partial charge in [0.05, 0.1) is 0 Å². The Labute approximate surface area is 110 Å². The number of carboxylic acid groups (broad SMARTS) is 1. The van der Waals surface area contributed by atoms with Gasteiger partial charge in [-0.05, 0) is 39.3 Å². The van der Waals surface area contributed by atoms with Crippen molar-refractivity contribution in [1.82, 2.24) is 4.90 Å². The average Bonchev–Trinajstić information content (AvgIpc) is 2.37. The van der Waals surface area contributed by atoms with Crippen molar-refractivity contribution in [2.24, 2.45) is 0 Å². The topological polar surface area (TPSA) is 59.0 Å². The van der Waals surface area contributed by atoms with Crippen LogP contribution < -0.4 is 0 Å². The molecule has 1 fully saturated rings. The summed E-state index contributed by atoms with van der Waals surface area (Å²) in [5.41, 5.74) is 0. The first kappa shape index (κ1) is 17.4. The second-order valence-corrected chi connectivity index (χ2v) is 4.28. The zero-order valence-electron chi connectivity index (χ0n) is 11.7. The Bertz CT molecular complexity index is 193. The van der Waals surface area contributed by atoms with E-state index in [4.69, 9.17) is 9.84 Å². The largest absolute Gasteiger partial charge is 0.480 e. The minimum absolute atomic E-state index is 0.208. The first-order chi connectivity index (χ1) is 8.70. The Morgan fingerprint density at radius 3 is 2.39 bits per heavy atom. The van der Waals surface area contributed by atoms with Gasteiger partial charge in [-0.15, -0.1) is 0 Å². The number of aliphatic carboxylic acids is 1. The van der Waals surface area contributed by atoms with E-state index in [-0.39, 0.29) is 6.61 Å². The Morgan fingerprint density at radius 1 is 1.28 bits per heavy atom. The summed E-state index contributed by atoms with van der Waals surface area (Å²) in [6.07, 6.45) is 5.43. The number of hydrogen-bond donors (Lipinski definition) is 1. The molecule has 0 unspecified atom stereocenters. The van der Waals surface area contributed by atoms with Gasteiger partial charge in [-0.3, -0.25) is 0 Å². The molecule has 0 aromatic carbocycles. The number of nitrogens with zero attached hydrogens (tertiary/aromatic N) is 1. The van der Waals surface area contributed by atoms with Crippen LogP contribution in [0.1, 0.15) is 32.6 Å². The summed E-state index contributed by atoms with van der Waals surface area (Å²) in [7, 11) is 1.34. The van der Waals surface area contributed by atoms with Gasteiger partial charge >= 0.3 is 5.97 Å². The molecule has 0 spiro atoms. The van der Waals surface area contributed by atoms with Gasteiger partial charge in [0.1, 0.15) is 6.61 Å². The van der Waals surface area contributed by atoms with Gasteiger partial charge < -0.3 is 19.5 Å². The zero-order chi connectivity index (χ0) is 13.6. The predicted octanol–water partition coefficient (Wildman–Crippen LogP) is 1.62. The molecule has 108 valence electrons. The number of carboxylic acids is 1. The normalized spacial score (nSPS) is 15.9. The highest BCUT2D eigenvalue weighted by Gasteiger charge is 2.08. The van der Waals surface area contributed by atoms with Gasteiger partial charge in [0, 0.05) is 26.9 Å². The molecule has 0 amide bonds.